The summed E-state index contributed by atoms with van der Waals surface area (Å²) >= 11 is 0. The summed E-state index contributed by atoms with van der Waals surface area (Å²) in [5.41, 5.74) is 7.87. The van der Waals surface area contributed by atoms with E-state index >= 15 is 0 Å². The third kappa shape index (κ3) is 3.44. The van der Waals surface area contributed by atoms with Crippen LogP contribution in [-0.2, 0) is 0 Å². The smallest absolute Gasteiger partial charge is 0.165 e. The predicted molar refractivity (Wildman–Crippen MR) is 79.4 cm³/mol. The van der Waals surface area contributed by atoms with Gasteiger partial charge in [-0.25, -0.2) is 0 Å². The first kappa shape index (κ1) is 14.3. The molecule has 2 nitrogen and oxygen atoms in total. The summed E-state index contributed by atoms with van der Waals surface area (Å²) in [5.74, 6) is 1.69. The number of hydrogen-bond acceptors (Lipinski definition) is 2. The third-order valence-electron chi connectivity index (χ3n) is 4.41. The summed E-state index contributed by atoms with van der Waals surface area (Å²) < 4.78 is 0. The fraction of sp³-hybridized carbons (Fsp3) is 0.588. The van der Waals surface area contributed by atoms with Crippen molar-refractivity contribution >= 4 is 5.78 Å². The van der Waals surface area contributed by atoms with Crippen LogP contribution in [0.4, 0.5) is 0 Å². The maximum absolute atomic E-state index is 12.4. The van der Waals surface area contributed by atoms with Crippen molar-refractivity contribution in [3.05, 3.63) is 35.4 Å². The summed E-state index contributed by atoms with van der Waals surface area (Å²) in [4.78, 5) is 12.4. The zero-order valence-electron chi connectivity index (χ0n) is 12.1. The standard InChI is InChI=1S/C17H25NO/c1-12(2)14-7-9-16(10-8-14)17(19)15-5-3-13(11-18)4-6-15/h7-10,12-13,15H,3-6,11,18H2,1-2H3. The highest BCUT2D eigenvalue weighted by Gasteiger charge is 2.26. The van der Waals surface area contributed by atoms with Gasteiger partial charge in [0.1, 0.15) is 0 Å². The number of carbonyl (C=O) groups is 1. The average molecular weight is 259 g/mol. The molecule has 2 heteroatoms. The van der Waals surface area contributed by atoms with Crippen LogP contribution in [0, 0.1) is 11.8 Å². The van der Waals surface area contributed by atoms with Gasteiger partial charge < -0.3 is 5.73 Å². The molecule has 1 aliphatic rings. The summed E-state index contributed by atoms with van der Waals surface area (Å²) in [7, 11) is 0. The van der Waals surface area contributed by atoms with Crippen molar-refractivity contribution in [3.8, 4) is 0 Å². The van der Waals surface area contributed by atoms with E-state index in [2.05, 4.69) is 26.0 Å². The normalized spacial score (nSPS) is 23.6. The lowest BCUT2D eigenvalue weighted by atomic mass is 9.78. The molecule has 2 N–H and O–H groups in total. The van der Waals surface area contributed by atoms with Crippen molar-refractivity contribution in [3.63, 3.8) is 0 Å². The summed E-state index contributed by atoms with van der Waals surface area (Å²) in [6, 6.07) is 8.16. The Kier molecular flexibility index (Phi) is 4.76. The minimum Gasteiger partial charge on any atom is -0.330 e. The Morgan fingerprint density at radius 3 is 2.21 bits per heavy atom. The Morgan fingerprint density at radius 2 is 1.74 bits per heavy atom. The van der Waals surface area contributed by atoms with Crippen LogP contribution in [0.5, 0.6) is 0 Å². The first-order chi connectivity index (χ1) is 9.11. The van der Waals surface area contributed by atoms with Crippen LogP contribution in [0.3, 0.4) is 0 Å². The maximum Gasteiger partial charge on any atom is 0.165 e. The van der Waals surface area contributed by atoms with Crippen molar-refractivity contribution < 1.29 is 4.79 Å². The second-order valence-corrected chi connectivity index (χ2v) is 6.09. The largest absolute Gasteiger partial charge is 0.330 e. The molecule has 0 aliphatic heterocycles. The van der Waals surface area contributed by atoms with Crippen molar-refractivity contribution in [2.24, 2.45) is 17.6 Å². The van der Waals surface area contributed by atoms with Gasteiger partial charge in [0.15, 0.2) is 5.78 Å². The molecule has 1 aromatic rings. The van der Waals surface area contributed by atoms with Gasteiger partial charge in [-0.3, -0.25) is 4.79 Å². The molecule has 19 heavy (non-hydrogen) atoms. The monoisotopic (exact) mass is 259 g/mol. The molecule has 0 radical (unpaired) electrons. The Bertz CT molecular complexity index is 413. The summed E-state index contributed by atoms with van der Waals surface area (Å²) in [6.45, 7) is 5.11. The van der Waals surface area contributed by atoms with E-state index in [9.17, 15) is 4.79 Å². The molecule has 2 rings (SSSR count). The SMILES string of the molecule is CC(C)c1ccc(C(=O)C2CCC(CN)CC2)cc1. The molecule has 1 aromatic carbocycles. The van der Waals surface area contributed by atoms with Gasteiger partial charge in [0.2, 0.25) is 0 Å². The molecule has 1 saturated carbocycles. The van der Waals surface area contributed by atoms with Crippen molar-refractivity contribution in [1.29, 1.82) is 0 Å². The van der Waals surface area contributed by atoms with E-state index in [1.165, 1.54) is 5.56 Å². The van der Waals surface area contributed by atoms with Gasteiger partial charge in [0, 0.05) is 11.5 Å². The van der Waals surface area contributed by atoms with E-state index in [1.54, 1.807) is 0 Å². The molecule has 1 fully saturated rings. The molecule has 0 amide bonds. The fourth-order valence-corrected chi connectivity index (χ4v) is 2.93. The average Bonchev–Trinajstić information content (AvgIpc) is 2.46. The van der Waals surface area contributed by atoms with Gasteiger partial charge in [-0.05, 0) is 49.6 Å². The molecule has 0 atom stereocenters. The number of benzene rings is 1. The molecule has 1 aliphatic carbocycles. The van der Waals surface area contributed by atoms with Gasteiger partial charge in [0.05, 0.1) is 0 Å². The second kappa shape index (κ2) is 6.33. The fourth-order valence-electron chi connectivity index (χ4n) is 2.93. The molecule has 0 saturated heterocycles. The highest BCUT2D eigenvalue weighted by atomic mass is 16.1. The third-order valence-corrected chi connectivity index (χ3v) is 4.41. The van der Waals surface area contributed by atoms with E-state index < -0.39 is 0 Å². The van der Waals surface area contributed by atoms with Crippen LogP contribution in [0.2, 0.25) is 0 Å². The van der Waals surface area contributed by atoms with Crippen molar-refractivity contribution in [2.75, 3.05) is 6.54 Å². The molecular weight excluding hydrogens is 234 g/mol. The van der Waals surface area contributed by atoms with Crippen LogP contribution in [0.25, 0.3) is 0 Å². The summed E-state index contributed by atoms with van der Waals surface area (Å²) in [5, 5.41) is 0. The number of rotatable bonds is 4. The lowest BCUT2D eigenvalue weighted by Crippen LogP contribution is -2.25. The van der Waals surface area contributed by atoms with Crippen LogP contribution in [-0.4, -0.2) is 12.3 Å². The Morgan fingerprint density at radius 1 is 1.16 bits per heavy atom. The molecule has 0 heterocycles. The molecule has 0 unspecified atom stereocenters. The number of ketones is 1. The molecular formula is C17H25NO. The summed E-state index contributed by atoms with van der Waals surface area (Å²) in [6.07, 6.45) is 4.23. The van der Waals surface area contributed by atoms with E-state index in [1.807, 2.05) is 12.1 Å². The number of hydrogen-bond donors (Lipinski definition) is 1. The van der Waals surface area contributed by atoms with Crippen LogP contribution >= 0.6 is 0 Å². The van der Waals surface area contributed by atoms with Gasteiger partial charge in [0.25, 0.3) is 0 Å². The van der Waals surface area contributed by atoms with Crippen LogP contribution in [0.1, 0.15) is 61.4 Å². The van der Waals surface area contributed by atoms with Gasteiger partial charge >= 0.3 is 0 Å². The van der Waals surface area contributed by atoms with Crippen molar-refractivity contribution in [1.82, 2.24) is 0 Å². The van der Waals surface area contributed by atoms with Crippen LogP contribution in [0.15, 0.2) is 24.3 Å². The lowest BCUT2D eigenvalue weighted by Gasteiger charge is -2.26. The lowest BCUT2D eigenvalue weighted by molar-refractivity contribution is 0.0873. The van der Waals surface area contributed by atoms with Gasteiger partial charge in [-0.1, -0.05) is 38.1 Å². The highest BCUT2D eigenvalue weighted by molar-refractivity contribution is 5.97. The molecule has 104 valence electrons. The predicted octanol–water partition coefficient (Wildman–Crippen LogP) is 3.76. The van der Waals surface area contributed by atoms with Gasteiger partial charge in [-0.2, -0.15) is 0 Å². The first-order valence-electron chi connectivity index (χ1n) is 7.46. The second-order valence-electron chi connectivity index (χ2n) is 6.09. The van der Waals surface area contributed by atoms with E-state index in [0.29, 0.717) is 17.6 Å². The highest BCUT2D eigenvalue weighted by Crippen LogP contribution is 2.30. The minimum atomic E-state index is 0.215. The Hall–Kier alpha value is -1.15. The zero-order valence-corrected chi connectivity index (χ0v) is 12.1. The Labute approximate surface area is 116 Å². The Balaban J connectivity index is 2.00. The number of carbonyl (C=O) groups excluding carboxylic acids is 1. The van der Waals surface area contributed by atoms with Crippen molar-refractivity contribution in [2.45, 2.75) is 45.4 Å². The first-order valence-corrected chi connectivity index (χ1v) is 7.46. The number of Topliss-reactive ketones (excluding diaryl/α,β-unsaturated/α-hetero) is 1. The van der Waals surface area contributed by atoms with E-state index in [0.717, 1.165) is 37.8 Å². The quantitative estimate of drug-likeness (QED) is 0.837. The maximum atomic E-state index is 12.4. The topological polar surface area (TPSA) is 43.1 Å². The van der Waals surface area contributed by atoms with Crippen LogP contribution < -0.4 is 5.73 Å². The van der Waals surface area contributed by atoms with E-state index in [4.69, 9.17) is 5.73 Å². The molecule has 0 aromatic heterocycles. The minimum absolute atomic E-state index is 0.215. The zero-order chi connectivity index (χ0) is 13.8. The molecule has 0 bridgehead atoms. The van der Waals surface area contributed by atoms with Gasteiger partial charge in [-0.15, -0.1) is 0 Å². The molecule has 0 spiro atoms. The number of nitrogens with two attached hydrogens (primary N) is 1. The van der Waals surface area contributed by atoms with E-state index in [-0.39, 0.29) is 5.92 Å².